The molecule has 9 heteroatoms. The third-order valence-corrected chi connectivity index (χ3v) is 4.94. The maximum atomic E-state index is 14.2. The van der Waals surface area contributed by atoms with E-state index in [1.807, 2.05) is 6.92 Å². The highest BCUT2D eigenvalue weighted by Crippen LogP contribution is 2.28. The summed E-state index contributed by atoms with van der Waals surface area (Å²) in [5.74, 6) is -0.168. The first-order valence-corrected chi connectivity index (χ1v) is 9.82. The molecule has 0 saturated carbocycles. The van der Waals surface area contributed by atoms with Gasteiger partial charge in [0, 0.05) is 64.6 Å². The Labute approximate surface area is 189 Å². The number of hydrogen-bond acceptors (Lipinski definition) is 4. The van der Waals surface area contributed by atoms with Gasteiger partial charge in [-0.15, -0.1) is 24.0 Å². The third kappa shape index (κ3) is 7.95. The molecule has 1 unspecified atom stereocenters. The van der Waals surface area contributed by atoms with Crippen molar-refractivity contribution in [3.8, 4) is 0 Å². The van der Waals surface area contributed by atoms with Gasteiger partial charge in [0.25, 0.3) is 0 Å². The van der Waals surface area contributed by atoms with Crippen LogP contribution < -0.4 is 5.32 Å². The third-order valence-electron chi connectivity index (χ3n) is 4.94. The van der Waals surface area contributed by atoms with Gasteiger partial charge >= 0.3 is 0 Å². The standard InChI is InChI=1S/C20H32F2N4O2.HI/c1-4-19(17-6-5-16(21)15-18(17)22)25-8-10-26(11-9-25)20(23-2)24-7-12-28-14-13-27-3;/h5-6,15,19H,4,7-14H2,1-3H3,(H,23,24);1H. The van der Waals surface area contributed by atoms with Crippen molar-refractivity contribution < 1.29 is 18.3 Å². The molecule has 1 aromatic rings. The second-order valence-corrected chi connectivity index (χ2v) is 6.69. The molecule has 1 saturated heterocycles. The zero-order valence-electron chi connectivity index (χ0n) is 17.5. The van der Waals surface area contributed by atoms with Gasteiger partial charge in [-0.05, 0) is 12.5 Å². The van der Waals surface area contributed by atoms with E-state index in [1.165, 1.54) is 6.07 Å². The van der Waals surface area contributed by atoms with Crippen molar-refractivity contribution in [2.45, 2.75) is 19.4 Å². The average molecular weight is 526 g/mol. The minimum atomic E-state index is -0.540. The monoisotopic (exact) mass is 526 g/mol. The van der Waals surface area contributed by atoms with Crippen molar-refractivity contribution in [1.82, 2.24) is 15.1 Å². The molecule has 2 rings (SSSR count). The minimum Gasteiger partial charge on any atom is -0.382 e. The number of guanidine groups is 1. The van der Waals surface area contributed by atoms with Gasteiger partial charge in [-0.3, -0.25) is 9.89 Å². The molecule has 166 valence electrons. The van der Waals surface area contributed by atoms with E-state index in [0.717, 1.165) is 44.6 Å². The summed E-state index contributed by atoms with van der Waals surface area (Å²) in [6.45, 7) is 7.63. The number of nitrogens with one attached hydrogen (secondary N) is 1. The maximum absolute atomic E-state index is 14.2. The van der Waals surface area contributed by atoms with E-state index >= 15 is 0 Å². The minimum absolute atomic E-state index is 0. The van der Waals surface area contributed by atoms with E-state index in [2.05, 4.69) is 20.1 Å². The lowest BCUT2D eigenvalue weighted by atomic mass is 10.0. The molecule has 1 aliphatic heterocycles. The summed E-state index contributed by atoms with van der Waals surface area (Å²) in [5.41, 5.74) is 0.563. The van der Waals surface area contributed by atoms with Crippen LogP contribution in [0.1, 0.15) is 24.9 Å². The zero-order valence-corrected chi connectivity index (χ0v) is 19.8. The molecule has 0 amide bonds. The molecule has 1 N–H and O–H groups in total. The van der Waals surface area contributed by atoms with Crippen LogP contribution in [-0.2, 0) is 9.47 Å². The second-order valence-electron chi connectivity index (χ2n) is 6.69. The summed E-state index contributed by atoms with van der Waals surface area (Å²) < 4.78 is 37.9. The molecular formula is C20H33F2IN4O2. The molecule has 1 aliphatic rings. The lowest BCUT2D eigenvalue weighted by Gasteiger charge is -2.40. The van der Waals surface area contributed by atoms with Crippen LogP contribution in [0.4, 0.5) is 8.78 Å². The Balaban J connectivity index is 0.00000420. The molecule has 6 nitrogen and oxygen atoms in total. The van der Waals surface area contributed by atoms with Crippen LogP contribution >= 0.6 is 24.0 Å². The van der Waals surface area contributed by atoms with Gasteiger partial charge in [-0.2, -0.15) is 0 Å². The predicted molar refractivity (Wildman–Crippen MR) is 122 cm³/mol. The van der Waals surface area contributed by atoms with E-state index in [-0.39, 0.29) is 30.0 Å². The molecule has 0 bridgehead atoms. The Morgan fingerprint density at radius 2 is 1.90 bits per heavy atom. The van der Waals surface area contributed by atoms with Crippen LogP contribution in [0.2, 0.25) is 0 Å². The Hall–Kier alpha value is -1.04. The van der Waals surface area contributed by atoms with Crippen molar-refractivity contribution in [2.24, 2.45) is 4.99 Å². The lowest BCUT2D eigenvalue weighted by molar-refractivity contribution is 0.0728. The Kier molecular flexibility index (Phi) is 12.6. The molecule has 0 aromatic heterocycles. The normalized spacial score (nSPS) is 16.4. The first-order valence-electron chi connectivity index (χ1n) is 9.82. The summed E-state index contributed by atoms with van der Waals surface area (Å²) in [5, 5.41) is 3.31. The number of benzene rings is 1. The van der Waals surface area contributed by atoms with E-state index in [1.54, 1.807) is 20.2 Å². The molecule has 1 fully saturated rings. The zero-order chi connectivity index (χ0) is 20.4. The quantitative estimate of drug-likeness (QED) is 0.232. The number of rotatable bonds is 9. The topological polar surface area (TPSA) is 49.3 Å². The molecule has 1 atom stereocenters. The molecule has 1 aromatic carbocycles. The van der Waals surface area contributed by atoms with Gasteiger partial charge in [0.15, 0.2) is 5.96 Å². The number of hydrogen-bond donors (Lipinski definition) is 1. The van der Waals surface area contributed by atoms with Crippen LogP contribution in [0.3, 0.4) is 0 Å². The lowest BCUT2D eigenvalue weighted by Crippen LogP contribution is -2.53. The summed E-state index contributed by atoms with van der Waals surface area (Å²) in [6, 6.07) is 3.81. The van der Waals surface area contributed by atoms with Crippen LogP contribution in [0, 0.1) is 11.6 Å². The maximum Gasteiger partial charge on any atom is 0.193 e. The highest BCUT2D eigenvalue weighted by Gasteiger charge is 2.27. The van der Waals surface area contributed by atoms with Crippen LogP contribution in [0.15, 0.2) is 23.2 Å². The first kappa shape index (κ1) is 26.0. The summed E-state index contributed by atoms with van der Waals surface area (Å²) in [7, 11) is 3.42. The van der Waals surface area contributed by atoms with E-state index in [4.69, 9.17) is 9.47 Å². The van der Waals surface area contributed by atoms with E-state index < -0.39 is 11.6 Å². The second kappa shape index (κ2) is 14.1. The molecule has 0 radical (unpaired) electrons. The number of nitrogens with zero attached hydrogens (tertiary/aromatic N) is 3. The van der Waals surface area contributed by atoms with Crippen molar-refractivity contribution in [2.75, 3.05) is 66.7 Å². The summed E-state index contributed by atoms with van der Waals surface area (Å²) in [4.78, 5) is 8.80. The smallest absolute Gasteiger partial charge is 0.193 e. The number of methoxy groups -OCH3 is 1. The van der Waals surface area contributed by atoms with Crippen LogP contribution in [0.25, 0.3) is 0 Å². The largest absolute Gasteiger partial charge is 0.382 e. The summed E-state index contributed by atoms with van der Waals surface area (Å²) in [6.07, 6.45) is 0.772. The van der Waals surface area contributed by atoms with E-state index in [9.17, 15) is 8.78 Å². The Bertz CT molecular complexity index is 628. The molecule has 1 heterocycles. The summed E-state index contributed by atoms with van der Waals surface area (Å²) >= 11 is 0. The number of halogens is 3. The first-order chi connectivity index (χ1) is 13.6. The van der Waals surface area contributed by atoms with Gasteiger partial charge in [0.05, 0.1) is 19.8 Å². The van der Waals surface area contributed by atoms with Crippen molar-refractivity contribution in [3.05, 3.63) is 35.4 Å². The molecular weight excluding hydrogens is 493 g/mol. The Morgan fingerprint density at radius 3 is 2.48 bits per heavy atom. The number of piperazine rings is 1. The van der Waals surface area contributed by atoms with Gasteiger partial charge < -0.3 is 19.7 Å². The fraction of sp³-hybridized carbons (Fsp3) is 0.650. The van der Waals surface area contributed by atoms with Gasteiger partial charge in [0.2, 0.25) is 0 Å². The number of ether oxygens (including phenoxy) is 2. The molecule has 29 heavy (non-hydrogen) atoms. The molecule has 0 aliphatic carbocycles. The SMILES string of the molecule is CCC(c1ccc(F)cc1F)N1CCN(C(=NC)NCCOCCOC)CC1.I. The molecule has 0 spiro atoms. The van der Waals surface area contributed by atoms with Crippen molar-refractivity contribution in [1.29, 1.82) is 0 Å². The van der Waals surface area contributed by atoms with Crippen LogP contribution in [-0.4, -0.2) is 82.5 Å². The Morgan fingerprint density at radius 1 is 1.17 bits per heavy atom. The van der Waals surface area contributed by atoms with Crippen molar-refractivity contribution >= 4 is 29.9 Å². The van der Waals surface area contributed by atoms with Crippen molar-refractivity contribution in [3.63, 3.8) is 0 Å². The fourth-order valence-electron chi connectivity index (χ4n) is 3.50. The van der Waals surface area contributed by atoms with Gasteiger partial charge in [0.1, 0.15) is 11.6 Å². The highest BCUT2D eigenvalue weighted by molar-refractivity contribution is 14.0. The highest BCUT2D eigenvalue weighted by atomic mass is 127. The van der Waals surface area contributed by atoms with E-state index in [0.29, 0.717) is 31.9 Å². The number of aliphatic imine (C=N–C) groups is 1. The van der Waals surface area contributed by atoms with Gasteiger partial charge in [-0.1, -0.05) is 13.0 Å². The van der Waals surface area contributed by atoms with Gasteiger partial charge in [-0.25, -0.2) is 8.78 Å². The predicted octanol–water partition coefficient (Wildman–Crippen LogP) is 2.89. The fourth-order valence-corrected chi connectivity index (χ4v) is 3.50. The average Bonchev–Trinajstić information content (AvgIpc) is 2.70. The van der Waals surface area contributed by atoms with Crippen LogP contribution in [0.5, 0.6) is 0 Å².